The van der Waals surface area contributed by atoms with Gasteiger partial charge in [0.05, 0.1) is 33.4 Å². The van der Waals surface area contributed by atoms with E-state index < -0.39 is 0 Å². The maximum Gasteiger partial charge on any atom is 0.251 e. The lowest BCUT2D eigenvalue weighted by Gasteiger charge is -2.15. The van der Waals surface area contributed by atoms with Gasteiger partial charge in [-0.05, 0) is 19.1 Å². The Morgan fingerprint density at radius 1 is 1.04 bits per heavy atom. The third-order valence-electron chi connectivity index (χ3n) is 4.26. The SMILES string of the molecule is COc1cc(OC)c(CNC(=O)c2ccc(-c3nc(C)cs3)cc2)c(OC)c1. The van der Waals surface area contributed by atoms with Crippen molar-refractivity contribution in [1.29, 1.82) is 0 Å². The zero-order chi connectivity index (χ0) is 20.1. The van der Waals surface area contributed by atoms with E-state index >= 15 is 0 Å². The highest BCUT2D eigenvalue weighted by Gasteiger charge is 2.15. The van der Waals surface area contributed by atoms with Gasteiger partial charge < -0.3 is 19.5 Å². The van der Waals surface area contributed by atoms with Crippen molar-refractivity contribution in [2.75, 3.05) is 21.3 Å². The molecular formula is C21H22N2O4S. The molecule has 1 N–H and O–H groups in total. The third-order valence-corrected chi connectivity index (χ3v) is 5.27. The molecule has 3 aromatic rings. The average molecular weight is 398 g/mol. The van der Waals surface area contributed by atoms with Crippen molar-refractivity contribution in [3.05, 3.63) is 58.6 Å². The van der Waals surface area contributed by atoms with Gasteiger partial charge in [0.2, 0.25) is 0 Å². The number of hydrogen-bond donors (Lipinski definition) is 1. The topological polar surface area (TPSA) is 69.7 Å². The summed E-state index contributed by atoms with van der Waals surface area (Å²) < 4.78 is 16.1. The Morgan fingerprint density at radius 2 is 1.68 bits per heavy atom. The fourth-order valence-corrected chi connectivity index (χ4v) is 3.58. The molecule has 0 fully saturated rings. The number of aromatic nitrogens is 1. The molecule has 0 atom stereocenters. The van der Waals surface area contributed by atoms with E-state index in [0.29, 0.717) is 22.8 Å². The van der Waals surface area contributed by atoms with E-state index in [1.807, 2.05) is 24.4 Å². The van der Waals surface area contributed by atoms with Crippen molar-refractivity contribution >= 4 is 17.2 Å². The molecule has 3 rings (SSSR count). The van der Waals surface area contributed by atoms with Gasteiger partial charge in [0.1, 0.15) is 22.3 Å². The minimum atomic E-state index is -0.179. The fraction of sp³-hybridized carbons (Fsp3) is 0.238. The minimum absolute atomic E-state index is 0.179. The molecule has 28 heavy (non-hydrogen) atoms. The predicted octanol–water partition coefficient (Wildman–Crippen LogP) is 4.07. The largest absolute Gasteiger partial charge is 0.496 e. The first-order chi connectivity index (χ1) is 13.5. The van der Waals surface area contributed by atoms with E-state index in [0.717, 1.165) is 21.8 Å². The summed E-state index contributed by atoms with van der Waals surface area (Å²) in [5.41, 5.74) is 3.30. The number of nitrogens with zero attached hydrogens (tertiary/aromatic N) is 1. The normalized spacial score (nSPS) is 10.4. The van der Waals surface area contributed by atoms with Crippen molar-refractivity contribution in [2.24, 2.45) is 0 Å². The molecule has 0 aliphatic rings. The number of benzene rings is 2. The van der Waals surface area contributed by atoms with Crippen LogP contribution in [0.15, 0.2) is 41.8 Å². The third kappa shape index (κ3) is 4.26. The number of ether oxygens (including phenoxy) is 3. The van der Waals surface area contributed by atoms with Crippen molar-refractivity contribution in [3.8, 4) is 27.8 Å². The summed E-state index contributed by atoms with van der Waals surface area (Å²) in [6.45, 7) is 2.23. The quantitative estimate of drug-likeness (QED) is 0.650. The average Bonchev–Trinajstić information content (AvgIpc) is 3.17. The van der Waals surface area contributed by atoms with E-state index in [1.165, 1.54) is 0 Å². The number of nitrogens with one attached hydrogen (secondary N) is 1. The van der Waals surface area contributed by atoms with Crippen molar-refractivity contribution in [1.82, 2.24) is 10.3 Å². The summed E-state index contributed by atoms with van der Waals surface area (Å²) in [5.74, 6) is 1.62. The first-order valence-electron chi connectivity index (χ1n) is 8.65. The zero-order valence-electron chi connectivity index (χ0n) is 16.2. The van der Waals surface area contributed by atoms with Crippen LogP contribution in [0.1, 0.15) is 21.6 Å². The van der Waals surface area contributed by atoms with Crippen LogP contribution < -0.4 is 19.5 Å². The second kappa shape index (κ2) is 8.75. The van der Waals surface area contributed by atoms with E-state index in [9.17, 15) is 4.79 Å². The number of thiazole rings is 1. The van der Waals surface area contributed by atoms with E-state index in [4.69, 9.17) is 14.2 Å². The first kappa shape index (κ1) is 19.7. The summed E-state index contributed by atoms with van der Waals surface area (Å²) in [7, 11) is 4.71. The smallest absolute Gasteiger partial charge is 0.251 e. The molecule has 0 spiro atoms. The van der Waals surface area contributed by atoms with Gasteiger partial charge >= 0.3 is 0 Å². The highest BCUT2D eigenvalue weighted by molar-refractivity contribution is 7.13. The molecule has 6 nitrogen and oxygen atoms in total. The Labute approximate surface area is 168 Å². The lowest BCUT2D eigenvalue weighted by atomic mass is 10.1. The molecule has 1 heterocycles. The highest BCUT2D eigenvalue weighted by Crippen LogP contribution is 2.34. The van der Waals surface area contributed by atoms with E-state index in [1.54, 1.807) is 56.9 Å². The Hall–Kier alpha value is -3.06. The first-order valence-corrected chi connectivity index (χ1v) is 9.53. The monoisotopic (exact) mass is 398 g/mol. The van der Waals surface area contributed by atoms with Crippen LogP contribution in [0.3, 0.4) is 0 Å². The van der Waals surface area contributed by atoms with Gasteiger partial charge in [-0.2, -0.15) is 0 Å². The van der Waals surface area contributed by atoms with Gasteiger partial charge in [-0.25, -0.2) is 4.98 Å². The molecule has 146 valence electrons. The van der Waals surface area contributed by atoms with Crippen LogP contribution in [0.5, 0.6) is 17.2 Å². The van der Waals surface area contributed by atoms with E-state index in [-0.39, 0.29) is 12.5 Å². The number of aryl methyl sites for hydroxylation is 1. The number of carbonyl (C=O) groups is 1. The Kier molecular flexibility index (Phi) is 6.16. The molecule has 0 aliphatic carbocycles. The van der Waals surface area contributed by atoms with Gasteiger partial charge in [-0.15, -0.1) is 11.3 Å². The number of rotatable bonds is 7. The summed E-state index contributed by atoms with van der Waals surface area (Å²) >= 11 is 1.59. The Morgan fingerprint density at radius 3 is 2.18 bits per heavy atom. The lowest BCUT2D eigenvalue weighted by molar-refractivity contribution is 0.0950. The summed E-state index contributed by atoms with van der Waals surface area (Å²) in [6, 6.07) is 10.9. The minimum Gasteiger partial charge on any atom is -0.496 e. The second-order valence-electron chi connectivity index (χ2n) is 6.06. The number of amides is 1. The van der Waals surface area contributed by atoms with Crippen molar-refractivity contribution < 1.29 is 19.0 Å². The molecule has 1 amide bonds. The Balaban J connectivity index is 1.73. The molecule has 0 unspecified atom stereocenters. The van der Waals surface area contributed by atoms with Gasteiger partial charge in [0, 0.05) is 34.3 Å². The Bertz CT molecular complexity index is 942. The van der Waals surface area contributed by atoms with Crippen LogP contribution in [0, 0.1) is 6.92 Å². The van der Waals surface area contributed by atoms with Gasteiger partial charge in [0.15, 0.2) is 0 Å². The van der Waals surface area contributed by atoms with Crippen LogP contribution >= 0.6 is 11.3 Å². The standard InChI is InChI=1S/C21H22N2O4S/c1-13-12-28-21(23-13)15-7-5-14(6-8-15)20(24)22-11-17-18(26-3)9-16(25-2)10-19(17)27-4/h5-10,12H,11H2,1-4H3,(H,22,24). The van der Waals surface area contributed by atoms with Gasteiger partial charge in [-0.1, -0.05) is 12.1 Å². The summed E-state index contributed by atoms with van der Waals surface area (Å²) in [4.78, 5) is 17.0. The molecule has 7 heteroatoms. The molecule has 0 saturated heterocycles. The zero-order valence-corrected chi connectivity index (χ0v) is 17.1. The van der Waals surface area contributed by atoms with Crippen LogP contribution in [-0.4, -0.2) is 32.2 Å². The molecule has 1 aromatic heterocycles. The van der Waals surface area contributed by atoms with Crippen molar-refractivity contribution in [2.45, 2.75) is 13.5 Å². The summed E-state index contributed by atoms with van der Waals surface area (Å²) in [5, 5.41) is 5.86. The lowest BCUT2D eigenvalue weighted by Crippen LogP contribution is -2.23. The maximum absolute atomic E-state index is 12.6. The molecular weight excluding hydrogens is 376 g/mol. The number of methoxy groups -OCH3 is 3. The number of carbonyl (C=O) groups excluding carboxylic acids is 1. The van der Waals surface area contributed by atoms with Crippen LogP contribution in [0.25, 0.3) is 10.6 Å². The highest BCUT2D eigenvalue weighted by atomic mass is 32.1. The maximum atomic E-state index is 12.6. The number of hydrogen-bond acceptors (Lipinski definition) is 6. The van der Waals surface area contributed by atoms with E-state index in [2.05, 4.69) is 10.3 Å². The summed E-state index contributed by atoms with van der Waals surface area (Å²) in [6.07, 6.45) is 0. The predicted molar refractivity (Wildman–Crippen MR) is 110 cm³/mol. The van der Waals surface area contributed by atoms with Crippen molar-refractivity contribution in [3.63, 3.8) is 0 Å². The molecule has 0 bridgehead atoms. The second-order valence-corrected chi connectivity index (χ2v) is 6.92. The fourth-order valence-electron chi connectivity index (χ4n) is 2.77. The van der Waals surface area contributed by atoms with Gasteiger partial charge in [-0.3, -0.25) is 4.79 Å². The molecule has 2 aromatic carbocycles. The van der Waals surface area contributed by atoms with Crippen LogP contribution in [-0.2, 0) is 6.54 Å². The molecule has 0 saturated carbocycles. The van der Waals surface area contributed by atoms with Crippen LogP contribution in [0.4, 0.5) is 0 Å². The molecule has 0 aliphatic heterocycles. The van der Waals surface area contributed by atoms with Gasteiger partial charge in [0.25, 0.3) is 5.91 Å². The molecule has 0 radical (unpaired) electrons. The van der Waals surface area contributed by atoms with Crippen LogP contribution in [0.2, 0.25) is 0 Å².